The van der Waals surface area contributed by atoms with Gasteiger partial charge < -0.3 is 10.2 Å². The average molecular weight is 451 g/mol. The predicted molar refractivity (Wildman–Crippen MR) is 125 cm³/mol. The zero-order valence-corrected chi connectivity index (χ0v) is 18.6. The molecule has 5 rings (SSSR count). The van der Waals surface area contributed by atoms with Crippen molar-refractivity contribution in [2.24, 2.45) is 7.05 Å². The number of benzene rings is 2. The van der Waals surface area contributed by atoms with Gasteiger partial charge in [-0.25, -0.2) is 4.39 Å². The van der Waals surface area contributed by atoms with Crippen LogP contribution in [0.2, 0.25) is 5.02 Å². The second-order valence-electron chi connectivity index (χ2n) is 8.14. The number of hydrogen-bond acceptors (Lipinski definition) is 5. The van der Waals surface area contributed by atoms with Crippen molar-refractivity contribution in [1.82, 2.24) is 25.3 Å². The molecule has 8 heteroatoms. The Bertz CT molecular complexity index is 1250. The van der Waals surface area contributed by atoms with E-state index in [-0.39, 0.29) is 5.82 Å². The van der Waals surface area contributed by atoms with Crippen LogP contribution >= 0.6 is 11.6 Å². The summed E-state index contributed by atoms with van der Waals surface area (Å²) in [5.41, 5.74) is 2.71. The van der Waals surface area contributed by atoms with Crippen molar-refractivity contribution in [3.8, 4) is 11.4 Å². The van der Waals surface area contributed by atoms with Gasteiger partial charge in [0.05, 0.1) is 5.69 Å². The highest BCUT2D eigenvalue weighted by atomic mass is 35.5. The van der Waals surface area contributed by atoms with Crippen molar-refractivity contribution in [2.45, 2.75) is 25.4 Å². The first-order valence-electron chi connectivity index (χ1n) is 10.8. The van der Waals surface area contributed by atoms with Crippen molar-refractivity contribution in [1.29, 1.82) is 0 Å². The first-order valence-corrected chi connectivity index (χ1v) is 11.1. The van der Waals surface area contributed by atoms with E-state index in [0.717, 1.165) is 59.5 Å². The summed E-state index contributed by atoms with van der Waals surface area (Å²) >= 11 is 6.16. The third-order valence-corrected chi connectivity index (χ3v) is 6.47. The standard InChI is InChI=1S/C24H24ClFN6/c1-31-22(8-11-28-31)23-19-4-2-3-5-20(19)24(30-29-23)32-12-9-18(10-13-32)27-15-16-6-7-17(26)14-21(16)25/h2-8,11,14,18,27H,9-10,12-13,15H2,1H3. The van der Waals surface area contributed by atoms with Crippen LogP contribution in [0.3, 0.4) is 0 Å². The zero-order chi connectivity index (χ0) is 22.1. The number of nitrogens with zero attached hydrogens (tertiary/aromatic N) is 5. The van der Waals surface area contributed by atoms with Gasteiger partial charge in [0.25, 0.3) is 0 Å². The molecule has 2 aromatic carbocycles. The lowest BCUT2D eigenvalue weighted by Crippen LogP contribution is -2.42. The molecule has 0 aliphatic carbocycles. The number of fused-ring (bicyclic) bond motifs is 1. The lowest BCUT2D eigenvalue weighted by molar-refractivity contribution is 0.412. The Hall–Kier alpha value is -3.03. The van der Waals surface area contributed by atoms with E-state index < -0.39 is 0 Å². The fraction of sp³-hybridized carbons (Fsp3) is 0.292. The van der Waals surface area contributed by atoms with Crippen molar-refractivity contribution < 1.29 is 4.39 Å². The minimum Gasteiger partial charge on any atom is -0.354 e. The summed E-state index contributed by atoms with van der Waals surface area (Å²) in [5.74, 6) is 0.612. The summed E-state index contributed by atoms with van der Waals surface area (Å²) in [6, 6.07) is 15.2. The van der Waals surface area contributed by atoms with Crippen LogP contribution in [0, 0.1) is 5.82 Å². The van der Waals surface area contributed by atoms with Gasteiger partial charge in [-0.1, -0.05) is 41.9 Å². The minimum absolute atomic E-state index is 0.310. The topological polar surface area (TPSA) is 58.9 Å². The lowest BCUT2D eigenvalue weighted by atomic mass is 10.0. The highest BCUT2D eigenvalue weighted by Crippen LogP contribution is 2.32. The molecule has 1 N–H and O–H groups in total. The van der Waals surface area contributed by atoms with E-state index in [1.165, 1.54) is 12.1 Å². The van der Waals surface area contributed by atoms with Crippen LogP contribution < -0.4 is 10.2 Å². The molecule has 6 nitrogen and oxygen atoms in total. The maximum Gasteiger partial charge on any atom is 0.159 e. The summed E-state index contributed by atoms with van der Waals surface area (Å²) in [4.78, 5) is 2.31. The van der Waals surface area contributed by atoms with Gasteiger partial charge >= 0.3 is 0 Å². The second-order valence-corrected chi connectivity index (χ2v) is 8.54. The molecule has 0 radical (unpaired) electrons. The number of hydrogen-bond donors (Lipinski definition) is 1. The van der Waals surface area contributed by atoms with Gasteiger partial charge in [0, 0.05) is 54.7 Å². The summed E-state index contributed by atoms with van der Waals surface area (Å²) in [7, 11) is 1.91. The Balaban J connectivity index is 1.31. The van der Waals surface area contributed by atoms with Crippen molar-refractivity contribution >= 4 is 28.2 Å². The van der Waals surface area contributed by atoms with Crippen LogP contribution in [0.1, 0.15) is 18.4 Å². The lowest BCUT2D eigenvalue weighted by Gasteiger charge is -2.33. The van der Waals surface area contributed by atoms with E-state index in [0.29, 0.717) is 17.6 Å². The van der Waals surface area contributed by atoms with Gasteiger partial charge in [-0.15, -0.1) is 10.2 Å². The molecular formula is C24H24ClFN6. The molecule has 164 valence electrons. The molecule has 3 heterocycles. The summed E-state index contributed by atoms with van der Waals surface area (Å²) in [6.07, 6.45) is 3.74. The van der Waals surface area contributed by atoms with Gasteiger partial charge in [-0.05, 0) is 36.6 Å². The predicted octanol–water partition coefficient (Wildman–Crippen LogP) is 4.58. The van der Waals surface area contributed by atoms with Crippen LogP contribution in [0.4, 0.5) is 10.2 Å². The van der Waals surface area contributed by atoms with Crippen molar-refractivity contribution in [3.63, 3.8) is 0 Å². The third kappa shape index (κ3) is 4.06. The molecule has 1 saturated heterocycles. The number of rotatable bonds is 5. The van der Waals surface area contributed by atoms with E-state index in [1.807, 2.05) is 29.9 Å². The molecule has 0 atom stereocenters. The smallest absolute Gasteiger partial charge is 0.159 e. The Kier molecular flexibility index (Phi) is 5.76. The number of aromatic nitrogens is 4. The minimum atomic E-state index is -0.310. The third-order valence-electron chi connectivity index (χ3n) is 6.12. The van der Waals surface area contributed by atoms with Gasteiger partial charge in [0.2, 0.25) is 0 Å². The molecule has 0 bridgehead atoms. The van der Waals surface area contributed by atoms with E-state index in [4.69, 9.17) is 11.6 Å². The number of halogens is 2. The first-order chi connectivity index (χ1) is 15.6. The van der Waals surface area contributed by atoms with E-state index in [9.17, 15) is 4.39 Å². The fourth-order valence-electron chi connectivity index (χ4n) is 4.33. The summed E-state index contributed by atoms with van der Waals surface area (Å²) < 4.78 is 15.1. The molecule has 0 spiro atoms. The highest BCUT2D eigenvalue weighted by molar-refractivity contribution is 6.31. The van der Waals surface area contributed by atoms with E-state index >= 15 is 0 Å². The zero-order valence-electron chi connectivity index (χ0n) is 17.8. The molecule has 1 aliphatic heterocycles. The van der Waals surface area contributed by atoms with Crippen molar-refractivity contribution in [3.05, 3.63) is 71.1 Å². The second kappa shape index (κ2) is 8.84. The molecular weight excluding hydrogens is 427 g/mol. The Morgan fingerprint density at radius 2 is 1.84 bits per heavy atom. The number of aryl methyl sites for hydroxylation is 1. The van der Waals surface area contributed by atoms with Crippen LogP contribution in [0.5, 0.6) is 0 Å². The van der Waals surface area contributed by atoms with Crippen LogP contribution in [-0.2, 0) is 13.6 Å². The average Bonchev–Trinajstić information content (AvgIpc) is 3.24. The molecule has 4 aromatic rings. The molecule has 2 aromatic heterocycles. The molecule has 1 fully saturated rings. The molecule has 0 saturated carbocycles. The SMILES string of the molecule is Cn1nccc1-c1nnc(N2CCC(NCc3ccc(F)cc3Cl)CC2)c2ccccc12. The highest BCUT2D eigenvalue weighted by Gasteiger charge is 2.23. The molecule has 0 amide bonds. The fourth-order valence-corrected chi connectivity index (χ4v) is 4.57. The maximum absolute atomic E-state index is 13.3. The van der Waals surface area contributed by atoms with Gasteiger partial charge in [-0.3, -0.25) is 4.68 Å². The van der Waals surface area contributed by atoms with E-state index in [2.05, 4.69) is 37.6 Å². The normalized spacial score (nSPS) is 14.9. The van der Waals surface area contributed by atoms with Crippen LogP contribution in [0.15, 0.2) is 54.7 Å². The van der Waals surface area contributed by atoms with Gasteiger partial charge in [0.15, 0.2) is 5.82 Å². The first kappa shape index (κ1) is 20.8. The Morgan fingerprint density at radius 3 is 2.56 bits per heavy atom. The molecule has 1 aliphatic rings. The van der Waals surface area contributed by atoms with Gasteiger partial charge in [0.1, 0.15) is 11.5 Å². The molecule has 32 heavy (non-hydrogen) atoms. The number of anilines is 1. The summed E-state index contributed by atoms with van der Waals surface area (Å²) in [5, 5.41) is 19.7. The molecule has 0 unspecified atom stereocenters. The van der Waals surface area contributed by atoms with Gasteiger partial charge in [-0.2, -0.15) is 5.10 Å². The summed E-state index contributed by atoms with van der Waals surface area (Å²) in [6.45, 7) is 2.41. The monoisotopic (exact) mass is 450 g/mol. The van der Waals surface area contributed by atoms with Crippen molar-refractivity contribution in [2.75, 3.05) is 18.0 Å². The largest absolute Gasteiger partial charge is 0.354 e. The number of nitrogens with one attached hydrogen (secondary N) is 1. The quantitative estimate of drug-likeness (QED) is 0.482. The Morgan fingerprint density at radius 1 is 1.06 bits per heavy atom. The Labute approximate surface area is 191 Å². The number of piperidine rings is 1. The van der Waals surface area contributed by atoms with E-state index in [1.54, 1.807) is 12.3 Å². The van der Waals surface area contributed by atoms with Crippen LogP contribution in [0.25, 0.3) is 22.2 Å². The van der Waals surface area contributed by atoms with Crippen LogP contribution in [-0.4, -0.2) is 39.1 Å². The maximum atomic E-state index is 13.3.